The van der Waals surface area contributed by atoms with Crippen molar-refractivity contribution >= 4 is 28.6 Å². The number of rotatable bonds is 1. The van der Waals surface area contributed by atoms with Crippen LogP contribution in [0.1, 0.15) is 10.4 Å². The highest BCUT2D eigenvalue weighted by atomic mass is 35.5. The number of nitrogens with zero attached hydrogens (tertiary/aromatic N) is 1. The van der Waals surface area contributed by atoms with Crippen molar-refractivity contribution in [2.24, 2.45) is 0 Å². The van der Waals surface area contributed by atoms with Gasteiger partial charge < -0.3 is 9.72 Å². The molecular weight excluding hydrogens is 204 g/mol. The molecule has 72 valence electrons. The van der Waals surface area contributed by atoms with E-state index in [0.717, 1.165) is 5.39 Å². The molecule has 0 radical (unpaired) electrons. The number of fused-ring (bicyclic) bond motifs is 1. The van der Waals surface area contributed by atoms with Gasteiger partial charge >= 0.3 is 5.97 Å². The summed E-state index contributed by atoms with van der Waals surface area (Å²) in [6, 6.07) is 1.65. The van der Waals surface area contributed by atoms with Crippen LogP contribution < -0.4 is 0 Å². The van der Waals surface area contributed by atoms with Crippen LogP contribution in [0.3, 0.4) is 0 Å². The summed E-state index contributed by atoms with van der Waals surface area (Å²) in [5, 5.41) is 1.26. The number of hydrogen-bond acceptors (Lipinski definition) is 3. The zero-order chi connectivity index (χ0) is 10.1. The molecule has 5 heteroatoms. The summed E-state index contributed by atoms with van der Waals surface area (Å²) in [4.78, 5) is 18.1. The van der Waals surface area contributed by atoms with Gasteiger partial charge in [-0.05, 0) is 6.07 Å². The summed E-state index contributed by atoms with van der Waals surface area (Å²) in [5.74, 6) is -0.420. The number of methoxy groups -OCH3 is 1. The number of esters is 1. The number of carbonyl (C=O) groups is 1. The lowest BCUT2D eigenvalue weighted by Gasteiger charge is -1.97. The Kier molecular flexibility index (Phi) is 2.13. The van der Waals surface area contributed by atoms with Crippen LogP contribution in [0.2, 0.25) is 5.02 Å². The Labute approximate surface area is 84.9 Å². The van der Waals surface area contributed by atoms with Gasteiger partial charge in [0.1, 0.15) is 5.65 Å². The highest BCUT2D eigenvalue weighted by Crippen LogP contribution is 2.22. The molecule has 0 bridgehead atoms. The van der Waals surface area contributed by atoms with Crippen molar-refractivity contribution in [2.45, 2.75) is 0 Å². The Bertz CT molecular complexity index is 493. The summed E-state index contributed by atoms with van der Waals surface area (Å²) >= 11 is 5.87. The van der Waals surface area contributed by atoms with Crippen molar-refractivity contribution in [3.63, 3.8) is 0 Å². The van der Waals surface area contributed by atoms with E-state index in [9.17, 15) is 4.79 Å². The number of halogens is 1. The average molecular weight is 211 g/mol. The average Bonchev–Trinajstić information content (AvgIpc) is 2.59. The van der Waals surface area contributed by atoms with E-state index >= 15 is 0 Å². The van der Waals surface area contributed by atoms with Gasteiger partial charge in [0.25, 0.3) is 0 Å². The summed E-state index contributed by atoms with van der Waals surface area (Å²) in [7, 11) is 1.32. The smallest absolute Gasteiger partial charge is 0.339 e. The van der Waals surface area contributed by atoms with E-state index in [1.807, 2.05) is 0 Å². The minimum absolute atomic E-state index is 0.390. The van der Waals surface area contributed by atoms with E-state index in [4.69, 9.17) is 11.6 Å². The Hall–Kier alpha value is -1.55. The molecule has 2 rings (SSSR count). The SMILES string of the molecule is COC(=O)c1cnc2[nH]cc(Cl)c2c1. The van der Waals surface area contributed by atoms with Crippen LogP contribution in [-0.2, 0) is 4.74 Å². The number of hydrogen-bond donors (Lipinski definition) is 1. The van der Waals surface area contributed by atoms with E-state index in [1.165, 1.54) is 13.3 Å². The lowest BCUT2D eigenvalue weighted by atomic mass is 10.2. The number of carbonyl (C=O) groups excluding carboxylic acids is 1. The zero-order valence-corrected chi connectivity index (χ0v) is 8.13. The highest BCUT2D eigenvalue weighted by molar-refractivity contribution is 6.35. The standard InChI is InChI=1S/C9H7ClN2O2/c1-14-9(13)5-2-6-7(10)4-12-8(6)11-3-5/h2-4H,1H3,(H,11,12). The molecule has 0 aliphatic rings. The zero-order valence-electron chi connectivity index (χ0n) is 7.37. The summed E-state index contributed by atoms with van der Waals surface area (Å²) in [5.41, 5.74) is 1.05. The first-order valence-corrected chi connectivity index (χ1v) is 4.31. The van der Waals surface area contributed by atoms with Gasteiger partial charge in [-0.1, -0.05) is 11.6 Å². The first-order chi connectivity index (χ1) is 6.72. The first kappa shape index (κ1) is 9.02. The van der Waals surface area contributed by atoms with Crippen molar-refractivity contribution in [3.05, 3.63) is 29.0 Å². The van der Waals surface area contributed by atoms with E-state index in [1.54, 1.807) is 12.3 Å². The number of pyridine rings is 1. The molecule has 0 saturated heterocycles. The normalized spacial score (nSPS) is 10.4. The van der Waals surface area contributed by atoms with Crippen LogP contribution in [0.15, 0.2) is 18.5 Å². The lowest BCUT2D eigenvalue weighted by Crippen LogP contribution is -2.01. The van der Waals surface area contributed by atoms with Crippen molar-refractivity contribution in [2.75, 3.05) is 7.11 Å². The molecule has 0 aliphatic carbocycles. The molecule has 2 aromatic heterocycles. The number of nitrogens with one attached hydrogen (secondary N) is 1. The van der Waals surface area contributed by atoms with Gasteiger partial charge in [0, 0.05) is 17.8 Å². The summed E-state index contributed by atoms with van der Waals surface area (Å²) in [6.45, 7) is 0. The second-order valence-corrected chi connectivity index (χ2v) is 3.16. The van der Waals surface area contributed by atoms with Gasteiger partial charge in [0.15, 0.2) is 0 Å². The number of aromatic amines is 1. The maximum atomic E-state index is 11.2. The monoisotopic (exact) mass is 210 g/mol. The fourth-order valence-corrected chi connectivity index (χ4v) is 1.40. The topological polar surface area (TPSA) is 55.0 Å². The molecule has 0 saturated carbocycles. The Morgan fingerprint density at radius 3 is 3.14 bits per heavy atom. The number of ether oxygens (including phenoxy) is 1. The fourth-order valence-electron chi connectivity index (χ4n) is 1.20. The lowest BCUT2D eigenvalue weighted by molar-refractivity contribution is 0.0600. The third kappa shape index (κ3) is 1.33. The Morgan fingerprint density at radius 2 is 2.43 bits per heavy atom. The van der Waals surface area contributed by atoms with Crippen LogP contribution in [0, 0.1) is 0 Å². The largest absolute Gasteiger partial charge is 0.465 e. The Morgan fingerprint density at radius 1 is 1.64 bits per heavy atom. The first-order valence-electron chi connectivity index (χ1n) is 3.93. The van der Waals surface area contributed by atoms with Crippen LogP contribution in [-0.4, -0.2) is 23.0 Å². The predicted molar refractivity (Wildman–Crippen MR) is 52.4 cm³/mol. The quantitative estimate of drug-likeness (QED) is 0.733. The van der Waals surface area contributed by atoms with E-state index in [0.29, 0.717) is 16.2 Å². The third-order valence-corrected chi connectivity index (χ3v) is 2.21. The van der Waals surface area contributed by atoms with Crippen LogP contribution >= 0.6 is 11.6 Å². The third-order valence-electron chi connectivity index (χ3n) is 1.90. The molecule has 0 amide bonds. The van der Waals surface area contributed by atoms with Crippen molar-refractivity contribution in [1.82, 2.24) is 9.97 Å². The molecule has 4 nitrogen and oxygen atoms in total. The van der Waals surface area contributed by atoms with Crippen molar-refractivity contribution < 1.29 is 9.53 Å². The maximum absolute atomic E-state index is 11.2. The maximum Gasteiger partial charge on any atom is 0.339 e. The molecule has 0 spiro atoms. The van der Waals surface area contributed by atoms with Gasteiger partial charge in [-0.25, -0.2) is 9.78 Å². The molecule has 0 aromatic carbocycles. The number of aromatic nitrogens is 2. The minimum Gasteiger partial charge on any atom is -0.465 e. The predicted octanol–water partition coefficient (Wildman–Crippen LogP) is 2.00. The highest BCUT2D eigenvalue weighted by Gasteiger charge is 2.09. The van der Waals surface area contributed by atoms with Gasteiger partial charge in [-0.15, -0.1) is 0 Å². The van der Waals surface area contributed by atoms with Crippen LogP contribution in [0.5, 0.6) is 0 Å². The molecule has 14 heavy (non-hydrogen) atoms. The molecule has 0 fully saturated rings. The second kappa shape index (κ2) is 3.31. The van der Waals surface area contributed by atoms with Crippen molar-refractivity contribution in [1.29, 1.82) is 0 Å². The fraction of sp³-hybridized carbons (Fsp3) is 0.111. The van der Waals surface area contributed by atoms with Crippen molar-refractivity contribution in [3.8, 4) is 0 Å². The van der Waals surface area contributed by atoms with E-state index in [2.05, 4.69) is 14.7 Å². The Balaban J connectivity index is 2.60. The second-order valence-electron chi connectivity index (χ2n) is 2.75. The molecule has 0 unspecified atom stereocenters. The molecule has 2 heterocycles. The summed E-state index contributed by atoms with van der Waals surface area (Å²) < 4.78 is 4.57. The molecule has 0 aliphatic heterocycles. The van der Waals surface area contributed by atoms with Crippen LogP contribution in [0.4, 0.5) is 0 Å². The van der Waals surface area contributed by atoms with E-state index < -0.39 is 5.97 Å². The summed E-state index contributed by atoms with van der Waals surface area (Å²) in [6.07, 6.45) is 3.07. The minimum atomic E-state index is -0.420. The van der Waals surface area contributed by atoms with E-state index in [-0.39, 0.29) is 0 Å². The molecule has 1 N–H and O–H groups in total. The van der Waals surface area contributed by atoms with Gasteiger partial charge in [-0.2, -0.15) is 0 Å². The number of H-pyrrole nitrogens is 1. The molecule has 0 atom stereocenters. The van der Waals surface area contributed by atoms with Gasteiger partial charge in [0.05, 0.1) is 17.7 Å². The molecular formula is C9H7ClN2O2. The van der Waals surface area contributed by atoms with Crippen LogP contribution in [0.25, 0.3) is 11.0 Å². The van der Waals surface area contributed by atoms with Gasteiger partial charge in [-0.3, -0.25) is 0 Å². The van der Waals surface area contributed by atoms with Gasteiger partial charge in [0.2, 0.25) is 0 Å². The molecule has 2 aromatic rings.